The van der Waals surface area contributed by atoms with Crippen LogP contribution in [0.4, 0.5) is 11.4 Å². The molecule has 2 fully saturated rings. The molecule has 0 bridgehead atoms. The molecule has 2 heterocycles. The Kier molecular flexibility index (Phi) is 7.31. The highest BCUT2D eigenvalue weighted by Crippen LogP contribution is 2.34. The molecule has 2 N–H and O–H groups in total. The molecule has 0 unspecified atom stereocenters. The molecule has 2 aromatic carbocycles. The van der Waals surface area contributed by atoms with Crippen LogP contribution in [-0.2, 0) is 14.3 Å². The number of nitrogens with two attached hydrogens (primary N) is 1. The van der Waals surface area contributed by atoms with Crippen LogP contribution >= 0.6 is 11.8 Å². The average Bonchev–Trinajstić information content (AvgIpc) is 3.13. The zero-order valence-corrected chi connectivity index (χ0v) is 19.2. The predicted molar refractivity (Wildman–Crippen MR) is 131 cm³/mol. The van der Waals surface area contributed by atoms with Gasteiger partial charge in [0.05, 0.1) is 23.8 Å². The summed E-state index contributed by atoms with van der Waals surface area (Å²) >= 11 is 1.36. The van der Waals surface area contributed by atoms with E-state index in [1.165, 1.54) is 11.8 Å². The second kappa shape index (κ2) is 10.5. The van der Waals surface area contributed by atoms with Gasteiger partial charge in [-0.1, -0.05) is 12.1 Å². The average molecular weight is 467 g/mol. The third-order valence-electron chi connectivity index (χ3n) is 5.21. The molecule has 0 saturated carbocycles. The number of carbonyl (C=O) groups is 2. The van der Waals surface area contributed by atoms with Crippen LogP contribution in [0.1, 0.15) is 12.5 Å². The minimum Gasteiger partial charge on any atom is -0.484 e. The number of rotatable bonds is 7. The van der Waals surface area contributed by atoms with Gasteiger partial charge >= 0.3 is 0 Å². The first-order valence-corrected chi connectivity index (χ1v) is 11.6. The Labute approximate surface area is 197 Å². The molecule has 0 aromatic heterocycles. The lowest BCUT2D eigenvalue weighted by atomic mass is 10.2. The van der Waals surface area contributed by atoms with Crippen LogP contribution in [-0.4, -0.2) is 61.3 Å². The molecule has 0 aliphatic carbocycles. The van der Waals surface area contributed by atoms with E-state index in [0.29, 0.717) is 22.4 Å². The molecule has 2 aromatic rings. The number of likely N-dealkylation sites (N-methyl/N-ethyl adjacent to an activating group) is 1. The Bertz CT molecular complexity index is 1060. The smallest absolute Gasteiger partial charge is 0.266 e. The minimum atomic E-state index is -0.531. The number of carbonyl (C=O) groups excluding carboxylic acids is 2. The number of anilines is 1. The number of nitrogens with zero attached hydrogens (tertiary/aromatic N) is 3. The van der Waals surface area contributed by atoms with Crippen molar-refractivity contribution in [2.75, 3.05) is 44.4 Å². The van der Waals surface area contributed by atoms with Gasteiger partial charge in [-0.05, 0) is 66.7 Å². The predicted octanol–water partition coefficient (Wildman–Crippen LogP) is 3.01. The first-order valence-electron chi connectivity index (χ1n) is 10.8. The fourth-order valence-electron chi connectivity index (χ4n) is 3.51. The lowest BCUT2D eigenvalue weighted by Gasteiger charge is -2.28. The van der Waals surface area contributed by atoms with Crippen molar-refractivity contribution in [3.63, 3.8) is 0 Å². The zero-order valence-electron chi connectivity index (χ0n) is 18.4. The van der Waals surface area contributed by atoms with Gasteiger partial charge in [-0.15, -0.1) is 0 Å². The van der Waals surface area contributed by atoms with Gasteiger partial charge in [0.15, 0.2) is 11.8 Å². The van der Waals surface area contributed by atoms with Crippen molar-refractivity contribution < 1.29 is 19.1 Å². The van der Waals surface area contributed by atoms with Crippen molar-refractivity contribution in [3.05, 3.63) is 59.0 Å². The monoisotopic (exact) mass is 466 g/mol. The molecular formula is C24H26N4O4S. The molecule has 4 rings (SSSR count). The van der Waals surface area contributed by atoms with Crippen LogP contribution in [0.3, 0.4) is 0 Å². The number of thioether (sulfide) groups is 1. The van der Waals surface area contributed by atoms with Gasteiger partial charge in [-0.3, -0.25) is 14.5 Å². The van der Waals surface area contributed by atoms with E-state index in [0.717, 1.165) is 43.2 Å². The topological polar surface area (TPSA) is 97.5 Å². The summed E-state index contributed by atoms with van der Waals surface area (Å²) in [5.74, 6) is -0.0593. The number of aliphatic imine (C=N–C) groups is 1. The third-order valence-corrected chi connectivity index (χ3v) is 6.22. The summed E-state index contributed by atoms with van der Waals surface area (Å²) in [5.41, 5.74) is 7.90. The second-order valence-electron chi connectivity index (χ2n) is 7.49. The van der Waals surface area contributed by atoms with E-state index >= 15 is 0 Å². The SMILES string of the molecule is CCN1C(=O)/C(=C/c2ccc(OCC(N)=O)cc2)SC1=Nc1ccc(N2CCOCC2)cc1. The molecular weight excluding hydrogens is 440 g/mol. The highest BCUT2D eigenvalue weighted by molar-refractivity contribution is 8.18. The van der Waals surface area contributed by atoms with E-state index in [1.807, 2.05) is 37.3 Å². The van der Waals surface area contributed by atoms with Crippen molar-refractivity contribution in [1.82, 2.24) is 4.90 Å². The summed E-state index contributed by atoms with van der Waals surface area (Å²) in [6, 6.07) is 15.2. The molecule has 2 amide bonds. The van der Waals surface area contributed by atoms with Crippen LogP contribution in [0.25, 0.3) is 6.08 Å². The Hall–Kier alpha value is -3.30. The molecule has 2 saturated heterocycles. The first kappa shape index (κ1) is 22.9. The number of hydrogen-bond donors (Lipinski definition) is 1. The van der Waals surface area contributed by atoms with Crippen molar-refractivity contribution in [3.8, 4) is 5.75 Å². The molecule has 0 spiro atoms. The maximum atomic E-state index is 12.9. The summed E-state index contributed by atoms with van der Waals surface area (Å²) in [4.78, 5) is 33.0. The van der Waals surface area contributed by atoms with Gasteiger partial charge in [-0.25, -0.2) is 4.99 Å². The summed E-state index contributed by atoms with van der Waals surface area (Å²) in [5, 5.41) is 0.661. The Morgan fingerprint density at radius 2 is 1.85 bits per heavy atom. The van der Waals surface area contributed by atoms with Gasteiger partial charge in [0.1, 0.15) is 5.75 Å². The van der Waals surface area contributed by atoms with E-state index in [-0.39, 0.29) is 12.5 Å². The molecule has 8 nitrogen and oxygen atoms in total. The van der Waals surface area contributed by atoms with Gasteiger partial charge in [-0.2, -0.15) is 0 Å². The van der Waals surface area contributed by atoms with Crippen LogP contribution in [0.2, 0.25) is 0 Å². The van der Waals surface area contributed by atoms with Crippen molar-refractivity contribution in [2.45, 2.75) is 6.92 Å². The number of primary amides is 1. The molecule has 2 aliphatic heterocycles. The standard InChI is InChI=1S/C24H26N4O4S/c1-2-28-23(30)21(15-17-3-9-20(10-4-17)32-16-22(25)29)33-24(28)26-18-5-7-19(8-6-18)27-11-13-31-14-12-27/h3-10,15H,2,11-14,16H2,1H3,(H2,25,29)/b21-15-,26-24?. The van der Waals surface area contributed by atoms with Gasteiger partial charge < -0.3 is 20.1 Å². The normalized spacial score (nSPS) is 18.9. The van der Waals surface area contributed by atoms with Gasteiger partial charge in [0.2, 0.25) is 0 Å². The highest BCUT2D eigenvalue weighted by atomic mass is 32.2. The molecule has 0 atom stereocenters. The maximum Gasteiger partial charge on any atom is 0.266 e. The third kappa shape index (κ3) is 5.74. The Morgan fingerprint density at radius 1 is 1.15 bits per heavy atom. The number of amides is 2. The lowest BCUT2D eigenvalue weighted by molar-refractivity contribution is -0.122. The molecule has 9 heteroatoms. The fraction of sp³-hybridized carbons (Fsp3) is 0.292. The largest absolute Gasteiger partial charge is 0.484 e. The van der Waals surface area contributed by atoms with Crippen molar-refractivity contribution >= 4 is 46.2 Å². The van der Waals surface area contributed by atoms with Crippen LogP contribution < -0.4 is 15.4 Å². The summed E-state index contributed by atoms with van der Waals surface area (Å²) in [6.45, 7) is 5.55. The molecule has 0 radical (unpaired) electrons. The number of hydrogen-bond acceptors (Lipinski definition) is 7. The summed E-state index contributed by atoms with van der Waals surface area (Å²) in [6.07, 6.45) is 1.83. The van der Waals surface area contributed by atoms with E-state index in [9.17, 15) is 9.59 Å². The van der Waals surface area contributed by atoms with Crippen LogP contribution in [0.15, 0.2) is 58.4 Å². The number of benzene rings is 2. The molecule has 172 valence electrons. The lowest BCUT2D eigenvalue weighted by Crippen LogP contribution is -2.36. The second-order valence-corrected chi connectivity index (χ2v) is 8.50. The van der Waals surface area contributed by atoms with Crippen molar-refractivity contribution in [2.24, 2.45) is 10.7 Å². The maximum absolute atomic E-state index is 12.9. The number of ether oxygens (including phenoxy) is 2. The fourth-order valence-corrected chi connectivity index (χ4v) is 4.57. The van der Waals surface area contributed by atoms with E-state index in [2.05, 4.69) is 17.0 Å². The van der Waals surface area contributed by atoms with E-state index in [1.54, 1.807) is 17.0 Å². The van der Waals surface area contributed by atoms with Crippen LogP contribution in [0.5, 0.6) is 5.75 Å². The van der Waals surface area contributed by atoms with Crippen LogP contribution in [0, 0.1) is 0 Å². The van der Waals surface area contributed by atoms with E-state index in [4.69, 9.17) is 20.2 Å². The van der Waals surface area contributed by atoms with Crippen molar-refractivity contribution in [1.29, 1.82) is 0 Å². The molecule has 33 heavy (non-hydrogen) atoms. The zero-order chi connectivity index (χ0) is 23.2. The summed E-state index contributed by atoms with van der Waals surface area (Å²) < 4.78 is 10.7. The van der Waals surface area contributed by atoms with Gasteiger partial charge in [0, 0.05) is 25.3 Å². The number of amidine groups is 1. The Morgan fingerprint density at radius 3 is 2.48 bits per heavy atom. The number of morpholine rings is 1. The summed E-state index contributed by atoms with van der Waals surface area (Å²) in [7, 11) is 0. The minimum absolute atomic E-state index is 0.0692. The highest BCUT2D eigenvalue weighted by Gasteiger charge is 2.32. The quantitative estimate of drug-likeness (QED) is 0.630. The van der Waals surface area contributed by atoms with Gasteiger partial charge in [0.25, 0.3) is 11.8 Å². The van der Waals surface area contributed by atoms with E-state index < -0.39 is 5.91 Å². The Balaban J connectivity index is 1.48. The first-order chi connectivity index (χ1) is 16.0. The molecule has 2 aliphatic rings.